The summed E-state index contributed by atoms with van der Waals surface area (Å²) >= 11 is 0. The molecule has 2 saturated heterocycles. The minimum absolute atomic E-state index is 0.0780. The second-order valence-electron chi connectivity index (χ2n) is 8.08. The lowest BCUT2D eigenvalue weighted by Crippen LogP contribution is -2.58. The highest BCUT2D eigenvalue weighted by Crippen LogP contribution is 2.27. The Labute approximate surface area is 156 Å². The van der Waals surface area contributed by atoms with Crippen LogP contribution in [0.25, 0.3) is 0 Å². The molecule has 1 saturated carbocycles. The number of carbonyl (C=O) groups is 2. The third-order valence-electron chi connectivity index (χ3n) is 6.26. The molecule has 1 unspecified atom stereocenters. The first-order valence-electron chi connectivity index (χ1n) is 10.3. The van der Waals surface area contributed by atoms with Crippen molar-refractivity contribution in [2.45, 2.75) is 70.0 Å². The first kappa shape index (κ1) is 19.4. The molecule has 0 aromatic heterocycles. The first-order valence-corrected chi connectivity index (χ1v) is 10.3. The van der Waals surface area contributed by atoms with Crippen LogP contribution in [0.2, 0.25) is 0 Å². The van der Waals surface area contributed by atoms with Gasteiger partial charge in [0.2, 0.25) is 0 Å². The van der Waals surface area contributed by atoms with Crippen molar-refractivity contribution in [3.05, 3.63) is 0 Å². The number of piperidine rings is 1. The number of amides is 2. The number of nitrogens with zero attached hydrogens (tertiary/aromatic N) is 3. The molecule has 1 atom stereocenters. The summed E-state index contributed by atoms with van der Waals surface area (Å²) in [5, 5.41) is 12.2. The van der Waals surface area contributed by atoms with Gasteiger partial charge in [-0.25, -0.2) is 4.79 Å². The molecule has 0 spiro atoms. The van der Waals surface area contributed by atoms with E-state index in [0.717, 1.165) is 45.3 Å². The Morgan fingerprint density at radius 1 is 1.12 bits per heavy atom. The molecule has 0 bridgehead atoms. The topological polar surface area (TPSA) is 76.1 Å². The number of hydrogen-bond donors (Lipinski definition) is 2. The number of aliphatic carboxylic acids is 1. The van der Waals surface area contributed by atoms with Gasteiger partial charge in [-0.2, -0.15) is 0 Å². The van der Waals surface area contributed by atoms with Crippen molar-refractivity contribution in [1.29, 1.82) is 0 Å². The van der Waals surface area contributed by atoms with Crippen LogP contribution >= 0.6 is 0 Å². The van der Waals surface area contributed by atoms with Crippen molar-refractivity contribution in [2.75, 3.05) is 39.3 Å². The number of rotatable bonds is 7. The average Bonchev–Trinajstić information content (AvgIpc) is 3.04. The second kappa shape index (κ2) is 9.04. The predicted molar refractivity (Wildman–Crippen MR) is 100 cm³/mol. The van der Waals surface area contributed by atoms with Gasteiger partial charge in [-0.1, -0.05) is 13.3 Å². The quantitative estimate of drug-likeness (QED) is 0.715. The summed E-state index contributed by atoms with van der Waals surface area (Å²) in [6.07, 6.45) is 7.83. The summed E-state index contributed by atoms with van der Waals surface area (Å²) in [6.45, 7) is 7.04. The van der Waals surface area contributed by atoms with Gasteiger partial charge in [-0.05, 0) is 58.2 Å². The summed E-state index contributed by atoms with van der Waals surface area (Å²) in [7, 11) is 0. The van der Waals surface area contributed by atoms with Crippen LogP contribution in [0.15, 0.2) is 0 Å². The molecule has 148 valence electrons. The minimum Gasteiger partial charge on any atom is -0.480 e. The highest BCUT2D eigenvalue weighted by Gasteiger charge is 2.37. The lowest BCUT2D eigenvalue weighted by Gasteiger charge is -2.43. The van der Waals surface area contributed by atoms with E-state index in [1.165, 1.54) is 32.4 Å². The maximum absolute atomic E-state index is 12.7. The molecule has 7 heteroatoms. The summed E-state index contributed by atoms with van der Waals surface area (Å²) in [4.78, 5) is 30.2. The van der Waals surface area contributed by atoms with E-state index < -0.39 is 5.97 Å². The van der Waals surface area contributed by atoms with Crippen LogP contribution in [0.3, 0.4) is 0 Å². The summed E-state index contributed by atoms with van der Waals surface area (Å²) in [6, 6.07) is 0.896. The van der Waals surface area contributed by atoms with Crippen LogP contribution in [0.4, 0.5) is 4.79 Å². The minimum atomic E-state index is -0.781. The van der Waals surface area contributed by atoms with Crippen molar-refractivity contribution >= 4 is 12.0 Å². The fourth-order valence-electron chi connectivity index (χ4n) is 4.67. The first-order chi connectivity index (χ1) is 12.6. The molecule has 1 aliphatic carbocycles. The molecule has 0 aromatic carbocycles. The van der Waals surface area contributed by atoms with Gasteiger partial charge in [0.1, 0.15) is 0 Å². The third kappa shape index (κ3) is 4.88. The van der Waals surface area contributed by atoms with Crippen LogP contribution in [0.1, 0.15) is 51.9 Å². The summed E-state index contributed by atoms with van der Waals surface area (Å²) in [5.74, 6) is -0.781. The molecule has 7 nitrogen and oxygen atoms in total. The maximum Gasteiger partial charge on any atom is 0.317 e. The van der Waals surface area contributed by atoms with Crippen LogP contribution in [0, 0.1) is 0 Å². The van der Waals surface area contributed by atoms with Crippen molar-refractivity contribution in [3.8, 4) is 0 Å². The predicted octanol–water partition coefficient (Wildman–Crippen LogP) is 1.58. The Morgan fingerprint density at radius 3 is 2.50 bits per heavy atom. The van der Waals surface area contributed by atoms with Gasteiger partial charge in [0.25, 0.3) is 0 Å². The molecule has 2 aliphatic heterocycles. The van der Waals surface area contributed by atoms with Gasteiger partial charge in [0, 0.05) is 31.2 Å². The van der Waals surface area contributed by atoms with Gasteiger partial charge in [0.05, 0.1) is 6.54 Å². The van der Waals surface area contributed by atoms with E-state index in [9.17, 15) is 9.59 Å². The van der Waals surface area contributed by atoms with Crippen molar-refractivity contribution in [2.24, 2.45) is 0 Å². The van der Waals surface area contributed by atoms with E-state index in [1.807, 2.05) is 16.7 Å². The number of nitrogens with one attached hydrogen (secondary N) is 1. The number of urea groups is 1. The van der Waals surface area contributed by atoms with Crippen molar-refractivity contribution in [3.63, 3.8) is 0 Å². The van der Waals surface area contributed by atoms with E-state index >= 15 is 0 Å². The Kier molecular flexibility index (Phi) is 6.75. The van der Waals surface area contributed by atoms with Gasteiger partial charge in [-0.15, -0.1) is 0 Å². The molecule has 0 radical (unpaired) electrons. The lowest BCUT2D eigenvalue weighted by molar-refractivity contribution is -0.139. The van der Waals surface area contributed by atoms with Gasteiger partial charge < -0.3 is 20.2 Å². The molecule has 26 heavy (non-hydrogen) atoms. The van der Waals surface area contributed by atoms with E-state index in [1.54, 1.807) is 0 Å². The number of likely N-dealkylation sites (tertiary alicyclic amines) is 2. The highest BCUT2D eigenvalue weighted by molar-refractivity contribution is 5.75. The van der Waals surface area contributed by atoms with Crippen LogP contribution < -0.4 is 5.32 Å². The number of carboxylic acid groups (broad SMARTS) is 1. The Bertz CT molecular complexity index is 489. The van der Waals surface area contributed by atoms with Gasteiger partial charge in [-0.3, -0.25) is 9.69 Å². The van der Waals surface area contributed by atoms with Crippen molar-refractivity contribution in [1.82, 2.24) is 20.0 Å². The Balaban J connectivity index is 1.42. The molecule has 3 aliphatic rings. The van der Waals surface area contributed by atoms with Crippen LogP contribution in [0.5, 0.6) is 0 Å². The van der Waals surface area contributed by atoms with Crippen molar-refractivity contribution < 1.29 is 14.7 Å². The second-order valence-corrected chi connectivity index (χ2v) is 8.08. The number of likely N-dealkylation sites (N-methyl/N-ethyl adjacent to an activating group) is 1. The molecule has 3 rings (SSSR count). The number of hydrogen-bond acceptors (Lipinski definition) is 4. The normalized spacial score (nSPS) is 29.6. The van der Waals surface area contributed by atoms with Crippen LogP contribution in [-0.4, -0.2) is 89.2 Å². The van der Waals surface area contributed by atoms with Gasteiger partial charge in [0.15, 0.2) is 0 Å². The SMILES string of the molecule is CCN(CC(=O)O)C1CC(NC(=O)N2CCCC2CN2CCCCC2)C1. The zero-order valence-corrected chi connectivity index (χ0v) is 16.0. The molecule has 0 aromatic rings. The van der Waals surface area contributed by atoms with Gasteiger partial charge >= 0.3 is 12.0 Å². The number of carboxylic acids is 1. The average molecular weight is 367 g/mol. The standard InChI is InChI=1S/C19H34N4O3/c1-2-22(14-18(24)25)17-11-15(12-17)20-19(26)23-10-6-7-16(23)13-21-8-4-3-5-9-21/h15-17H,2-14H2,1H3,(H,20,26)(H,24,25). The molecular formula is C19H34N4O3. The lowest BCUT2D eigenvalue weighted by atomic mass is 9.85. The largest absolute Gasteiger partial charge is 0.480 e. The van der Waals surface area contributed by atoms with E-state index in [4.69, 9.17) is 5.11 Å². The zero-order chi connectivity index (χ0) is 18.5. The summed E-state index contributed by atoms with van der Waals surface area (Å²) in [5.41, 5.74) is 0. The van der Waals surface area contributed by atoms with E-state index in [-0.39, 0.29) is 24.7 Å². The molecule has 2 N–H and O–H groups in total. The molecule has 2 heterocycles. The smallest absolute Gasteiger partial charge is 0.317 e. The van der Waals surface area contributed by atoms with E-state index in [0.29, 0.717) is 6.04 Å². The maximum atomic E-state index is 12.7. The van der Waals surface area contributed by atoms with Crippen LogP contribution in [-0.2, 0) is 4.79 Å². The third-order valence-corrected chi connectivity index (χ3v) is 6.26. The monoisotopic (exact) mass is 366 g/mol. The highest BCUT2D eigenvalue weighted by atomic mass is 16.4. The fraction of sp³-hybridized carbons (Fsp3) is 0.895. The molecular weight excluding hydrogens is 332 g/mol. The number of carbonyl (C=O) groups excluding carboxylic acids is 1. The fourth-order valence-corrected chi connectivity index (χ4v) is 4.67. The molecule has 3 fully saturated rings. The van der Waals surface area contributed by atoms with E-state index in [2.05, 4.69) is 10.2 Å². The Morgan fingerprint density at radius 2 is 1.85 bits per heavy atom. The molecule has 2 amide bonds. The zero-order valence-electron chi connectivity index (χ0n) is 16.0. The Hall–Kier alpha value is -1.34. The summed E-state index contributed by atoms with van der Waals surface area (Å²) < 4.78 is 0.